The normalized spacial score (nSPS) is 13.8. The third-order valence-electron chi connectivity index (χ3n) is 5.78. The first-order valence-electron chi connectivity index (χ1n) is 10.3. The Hall–Kier alpha value is -3.09. The number of amides is 1. The topological polar surface area (TPSA) is 58.8 Å². The second-order valence-electron chi connectivity index (χ2n) is 7.64. The summed E-state index contributed by atoms with van der Waals surface area (Å²) in [6.45, 7) is 6.01. The summed E-state index contributed by atoms with van der Waals surface area (Å²) < 4.78 is 5.49. The number of fused-ring (bicyclic) bond motifs is 1. The molecule has 2 N–H and O–H groups in total. The van der Waals surface area contributed by atoms with Crippen LogP contribution in [0.2, 0.25) is 5.02 Å². The van der Waals surface area contributed by atoms with Crippen molar-refractivity contribution >= 4 is 51.2 Å². The van der Waals surface area contributed by atoms with Gasteiger partial charge < -0.3 is 20.3 Å². The monoisotopic (exact) mass is 465 g/mol. The van der Waals surface area contributed by atoms with E-state index in [1.165, 1.54) is 6.08 Å². The maximum atomic E-state index is 11.8. The van der Waals surface area contributed by atoms with Gasteiger partial charge in [0.1, 0.15) is 10.7 Å². The number of nitrogen functional groups attached to an aromatic ring is 1. The van der Waals surface area contributed by atoms with Gasteiger partial charge >= 0.3 is 0 Å². The molecule has 1 aliphatic heterocycles. The molecule has 1 amide bonds. The number of benzene rings is 3. The molecule has 0 bridgehead atoms. The van der Waals surface area contributed by atoms with Crippen LogP contribution >= 0.6 is 23.8 Å². The molecule has 164 valence electrons. The highest BCUT2D eigenvalue weighted by molar-refractivity contribution is 7.80. The van der Waals surface area contributed by atoms with E-state index in [-0.39, 0.29) is 5.91 Å². The molecule has 7 heteroatoms. The molecule has 1 heterocycles. The van der Waals surface area contributed by atoms with Gasteiger partial charge in [-0.05, 0) is 46.7 Å². The number of hydrogen-bond donors (Lipinski definition) is 1. The molecule has 1 saturated heterocycles. The summed E-state index contributed by atoms with van der Waals surface area (Å²) in [6.07, 6.45) is 1.34. The van der Waals surface area contributed by atoms with Gasteiger partial charge in [0.2, 0.25) is 5.91 Å². The van der Waals surface area contributed by atoms with Gasteiger partial charge in [-0.1, -0.05) is 54.7 Å². The average Bonchev–Trinajstić information content (AvgIpc) is 2.83. The van der Waals surface area contributed by atoms with Crippen LogP contribution in [0.4, 0.5) is 5.69 Å². The van der Waals surface area contributed by atoms with Crippen LogP contribution < -0.4 is 10.5 Å². The number of rotatable bonds is 4. The number of nitrogens with zero attached hydrogens (tertiary/aromatic N) is 2. The van der Waals surface area contributed by atoms with Crippen molar-refractivity contribution in [2.75, 3.05) is 39.0 Å². The Morgan fingerprint density at radius 2 is 1.78 bits per heavy atom. The zero-order valence-electron chi connectivity index (χ0n) is 17.8. The molecule has 0 aliphatic carbocycles. The Morgan fingerprint density at radius 3 is 2.47 bits per heavy atom. The maximum absolute atomic E-state index is 11.8. The molecule has 0 radical (unpaired) electrons. The van der Waals surface area contributed by atoms with Crippen molar-refractivity contribution in [1.29, 1.82) is 0 Å². The van der Waals surface area contributed by atoms with Gasteiger partial charge in [-0.15, -0.1) is 0 Å². The number of carbonyl (C=O) groups is 1. The third kappa shape index (κ3) is 4.16. The van der Waals surface area contributed by atoms with Crippen molar-refractivity contribution in [2.45, 2.75) is 0 Å². The Bertz CT molecular complexity index is 1220. The van der Waals surface area contributed by atoms with E-state index in [0.29, 0.717) is 41.9 Å². The van der Waals surface area contributed by atoms with Gasteiger partial charge in [-0.25, -0.2) is 0 Å². The molecular weight excluding hydrogens is 442 g/mol. The molecule has 0 unspecified atom stereocenters. The van der Waals surface area contributed by atoms with Crippen molar-refractivity contribution in [2.24, 2.45) is 0 Å². The first-order valence-corrected chi connectivity index (χ1v) is 11.1. The average molecular weight is 466 g/mol. The lowest BCUT2D eigenvalue weighted by Gasteiger charge is -2.36. The van der Waals surface area contributed by atoms with E-state index >= 15 is 0 Å². The van der Waals surface area contributed by atoms with Crippen molar-refractivity contribution in [3.63, 3.8) is 0 Å². The summed E-state index contributed by atoms with van der Waals surface area (Å²) in [7, 11) is 1.65. The van der Waals surface area contributed by atoms with Crippen LogP contribution in [0.5, 0.6) is 5.75 Å². The van der Waals surface area contributed by atoms with Crippen LogP contribution in [0, 0.1) is 0 Å². The standard InChI is InChI=1S/C25H24ClN3O2S/c1-3-24(30)28-8-10-29(11-9-28)25(32)21-14-22(26)20(15-23(21)27)19-13-17(31-2)12-16-6-4-5-7-18(16)19/h3-7,12-15H,1,8-11,27H2,2H3. The van der Waals surface area contributed by atoms with Crippen LogP contribution in [0.15, 0.2) is 61.2 Å². The fraction of sp³-hybridized carbons (Fsp3) is 0.200. The van der Waals surface area contributed by atoms with E-state index in [4.69, 9.17) is 34.3 Å². The van der Waals surface area contributed by atoms with Crippen LogP contribution in [0.1, 0.15) is 5.56 Å². The minimum Gasteiger partial charge on any atom is -0.497 e. The highest BCUT2D eigenvalue weighted by atomic mass is 35.5. The maximum Gasteiger partial charge on any atom is 0.246 e. The molecule has 1 aliphatic rings. The van der Waals surface area contributed by atoms with E-state index in [9.17, 15) is 4.79 Å². The fourth-order valence-electron chi connectivity index (χ4n) is 4.03. The SMILES string of the molecule is C=CC(=O)N1CCN(C(=S)c2cc(Cl)c(-c3cc(OC)cc4ccccc34)cc2N)CC1. The number of thiocarbonyl (C=S) groups is 1. The summed E-state index contributed by atoms with van der Waals surface area (Å²) >= 11 is 12.5. The summed E-state index contributed by atoms with van der Waals surface area (Å²) in [4.78, 5) is 16.3. The molecule has 5 nitrogen and oxygen atoms in total. The van der Waals surface area contributed by atoms with E-state index < -0.39 is 0 Å². The van der Waals surface area contributed by atoms with Gasteiger partial charge in [0.25, 0.3) is 0 Å². The van der Waals surface area contributed by atoms with Gasteiger partial charge in [0.15, 0.2) is 0 Å². The molecular formula is C25H24ClN3O2S. The number of nitrogens with two attached hydrogens (primary N) is 1. The zero-order valence-corrected chi connectivity index (χ0v) is 19.4. The zero-order chi connectivity index (χ0) is 22.8. The van der Waals surface area contributed by atoms with E-state index in [1.807, 2.05) is 42.5 Å². The Morgan fingerprint density at radius 1 is 1.09 bits per heavy atom. The van der Waals surface area contributed by atoms with E-state index in [0.717, 1.165) is 33.2 Å². The fourth-order valence-corrected chi connectivity index (χ4v) is 4.66. The van der Waals surface area contributed by atoms with Crippen molar-refractivity contribution < 1.29 is 9.53 Å². The van der Waals surface area contributed by atoms with Gasteiger partial charge in [-0.2, -0.15) is 0 Å². The first kappa shape index (κ1) is 22.1. The number of methoxy groups -OCH3 is 1. The second kappa shape index (κ2) is 9.18. The molecule has 3 aromatic rings. The van der Waals surface area contributed by atoms with Crippen LogP contribution in [-0.4, -0.2) is 54.0 Å². The predicted octanol–water partition coefficient (Wildman–Crippen LogP) is 4.76. The number of anilines is 1. The molecule has 0 aromatic heterocycles. The summed E-state index contributed by atoms with van der Waals surface area (Å²) in [5.41, 5.74) is 9.53. The van der Waals surface area contributed by atoms with Gasteiger partial charge in [0.05, 0.1) is 7.11 Å². The Balaban J connectivity index is 1.67. The lowest BCUT2D eigenvalue weighted by atomic mass is 9.96. The van der Waals surface area contributed by atoms with E-state index in [1.54, 1.807) is 12.0 Å². The summed E-state index contributed by atoms with van der Waals surface area (Å²) in [6, 6.07) is 15.8. The van der Waals surface area contributed by atoms with Crippen LogP contribution in [-0.2, 0) is 4.79 Å². The lowest BCUT2D eigenvalue weighted by Crippen LogP contribution is -2.50. The second-order valence-corrected chi connectivity index (χ2v) is 8.43. The van der Waals surface area contributed by atoms with E-state index in [2.05, 4.69) is 17.5 Å². The van der Waals surface area contributed by atoms with Crippen molar-refractivity contribution in [3.8, 4) is 16.9 Å². The molecule has 3 aromatic carbocycles. The van der Waals surface area contributed by atoms with Crippen LogP contribution in [0.25, 0.3) is 21.9 Å². The van der Waals surface area contributed by atoms with Crippen molar-refractivity contribution in [1.82, 2.24) is 9.80 Å². The Kier molecular flexibility index (Phi) is 6.35. The number of piperazine rings is 1. The highest BCUT2D eigenvalue weighted by Gasteiger charge is 2.23. The molecule has 0 atom stereocenters. The number of ether oxygens (including phenoxy) is 1. The van der Waals surface area contributed by atoms with Crippen LogP contribution in [0.3, 0.4) is 0 Å². The molecule has 0 spiro atoms. The third-order valence-corrected chi connectivity index (χ3v) is 6.57. The molecule has 0 saturated carbocycles. The number of hydrogen-bond acceptors (Lipinski definition) is 4. The highest BCUT2D eigenvalue weighted by Crippen LogP contribution is 2.39. The van der Waals surface area contributed by atoms with Crippen molar-refractivity contribution in [3.05, 3.63) is 71.8 Å². The summed E-state index contributed by atoms with van der Waals surface area (Å²) in [5, 5.41) is 2.69. The molecule has 4 rings (SSSR count). The predicted molar refractivity (Wildman–Crippen MR) is 135 cm³/mol. The Labute approximate surface area is 198 Å². The summed E-state index contributed by atoms with van der Waals surface area (Å²) in [5.74, 6) is 0.688. The minimum atomic E-state index is -0.0620. The lowest BCUT2D eigenvalue weighted by molar-refractivity contribution is -0.127. The first-order chi connectivity index (χ1) is 15.4. The smallest absolute Gasteiger partial charge is 0.246 e. The van der Waals surface area contributed by atoms with Gasteiger partial charge in [0, 0.05) is 48.0 Å². The quantitative estimate of drug-likeness (QED) is 0.342. The molecule has 32 heavy (non-hydrogen) atoms. The molecule has 1 fully saturated rings. The van der Waals surface area contributed by atoms with Gasteiger partial charge in [-0.3, -0.25) is 4.79 Å². The largest absolute Gasteiger partial charge is 0.497 e. The number of halogens is 1. The minimum absolute atomic E-state index is 0.0620. The number of carbonyl (C=O) groups excluding carboxylic acids is 1.